The molecule has 4 aromatic carbocycles. The lowest BCUT2D eigenvalue weighted by Crippen LogP contribution is -2.12. The van der Waals surface area contributed by atoms with Gasteiger partial charge in [-0.25, -0.2) is 0 Å². The van der Waals surface area contributed by atoms with Crippen molar-refractivity contribution in [3.63, 3.8) is 0 Å². The van der Waals surface area contributed by atoms with Gasteiger partial charge < -0.3 is 4.42 Å². The molecule has 0 aliphatic heterocycles. The number of aromatic nitrogens is 1. The molecule has 0 amide bonds. The van der Waals surface area contributed by atoms with E-state index in [-0.39, 0.29) is 5.41 Å². The van der Waals surface area contributed by atoms with E-state index < -0.39 is 0 Å². The summed E-state index contributed by atoms with van der Waals surface area (Å²) in [5, 5.41) is 4.76. The van der Waals surface area contributed by atoms with E-state index in [0.29, 0.717) is 17.8 Å². The number of nitrogens with zero attached hydrogens (tertiary/aromatic N) is 1. The number of hydrogen-bond donors (Lipinski definition) is 0. The molecule has 6 rings (SSSR count). The van der Waals surface area contributed by atoms with Crippen LogP contribution in [0.4, 0.5) is 0 Å². The van der Waals surface area contributed by atoms with Crippen molar-refractivity contribution in [1.82, 2.24) is 4.98 Å². The van der Waals surface area contributed by atoms with E-state index in [1.54, 1.807) is 0 Å². The summed E-state index contributed by atoms with van der Waals surface area (Å²) in [5.41, 5.74) is 11.9. The Morgan fingerprint density at radius 2 is 1.33 bits per heavy atom. The number of pyridine rings is 1. The maximum absolute atomic E-state index is 6.74. The van der Waals surface area contributed by atoms with Crippen LogP contribution in [0.25, 0.3) is 55.1 Å². The van der Waals surface area contributed by atoms with Crippen molar-refractivity contribution in [2.75, 3.05) is 0 Å². The molecule has 0 N–H and O–H groups in total. The van der Waals surface area contributed by atoms with Gasteiger partial charge in [-0.1, -0.05) is 105 Å². The van der Waals surface area contributed by atoms with Crippen LogP contribution in [0.2, 0.25) is 0 Å². The average molecular weight is 554 g/mol. The first-order valence-corrected chi connectivity index (χ1v) is 15.5. The van der Waals surface area contributed by atoms with Crippen molar-refractivity contribution in [3.05, 3.63) is 101 Å². The van der Waals surface area contributed by atoms with Crippen molar-refractivity contribution in [1.29, 1.82) is 0 Å². The lowest BCUT2D eigenvalue weighted by molar-refractivity contribution is 0.596. The summed E-state index contributed by atoms with van der Waals surface area (Å²) in [7, 11) is 0. The summed E-state index contributed by atoms with van der Waals surface area (Å²) >= 11 is 0. The van der Waals surface area contributed by atoms with Gasteiger partial charge in [0.1, 0.15) is 11.3 Å². The first-order valence-electron chi connectivity index (χ1n) is 15.5. The van der Waals surface area contributed by atoms with Crippen molar-refractivity contribution in [3.8, 4) is 22.4 Å². The van der Waals surface area contributed by atoms with Gasteiger partial charge in [0.2, 0.25) is 0 Å². The first kappa shape index (κ1) is 28.2. The second kappa shape index (κ2) is 10.4. The van der Waals surface area contributed by atoms with Crippen molar-refractivity contribution >= 4 is 32.7 Å². The summed E-state index contributed by atoms with van der Waals surface area (Å²) in [6.45, 7) is 20.6. The Kier molecular flexibility index (Phi) is 7.00. The smallest absolute Gasteiger partial charge is 0.161 e. The van der Waals surface area contributed by atoms with Gasteiger partial charge in [-0.3, -0.25) is 4.98 Å². The third-order valence-corrected chi connectivity index (χ3v) is 8.75. The van der Waals surface area contributed by atoms with E-state index in [4.69, 9.17) is 9.40 Å². The van der Waals surface area contributed by atoms with Gasteiger partial charge in [0.25, 0.3) is 0 Å². The molecule has 2 aromatic heterocycles. The molecule has 0 aliphatic rings. The van der Waals surface area contributed by atoms with Gasteiger partial charge in [0.15, 0.2) is 5.58 Å². The van der Waals surface area contributed by atoms with Crippen LogP contribution in [0.1, 0.15) is 102 Å². The first-order chi connectivity index (χ1) is 19.9. The van der Waals surface area contributed by atoms with Crippen LogP contribution < -0.4 is 0 Å². The molecule has 0 spiro atoms. The topological polar surface area (TPSA) is 26.0 Å². The second-order valence-corrected chi connectivity index (χ2v) is 13.9. The largest absolute Gasteiger partial charge is 0.454 e. The third-order valence-electron chi connectivity index (χ3n) is 8.75. The molecule has 0 bridgehead atoms. The Labute approximate surface area is 250 Å². The number of furan rings is 1. The SMILES string of the molecule is CC(C)c1cc(C(C)C)c(-c2ccc3c(c2)oc2c(-c4cc(C(C)(C)C)c5ccccc5c4)nccc23)c(C(C)C)c1. The highest BCUT2D eigenvalue weighted by Gasteiger charge is 2.22. The van der Waals surface area contributed by atoms with E-state index in [1.165, 1.54) is 44.2 Å². The molecule has 0 radical (unpaired) electrons. The molecule has 0 aliphatic carbocycles. The summed E-state index contributed by atoms with van der Waals surface area (Å²) in [6, 6.07) is 26.9. The van der Waals surface area contributed by atoms with Crippen LogP contribution in [0.15, 0.2) is 83.4 Å². The van der Waals surface area contributed by atoms with Gasteiger partial charge in [-0.05, 0) is 97.7 Å². The molecule has 214 valence electrons. The molecule has 2 heteroatoms. The molecule has 0 unspecified atom stereocenters. The van der Waals surface area contributed by atoms with Crippen LogP contribution in [-0.2, 0) is 5.41 Å². The minimum absolute atomic E-state index is 0.000347. The molecule has 6 aromatic rings. The Hall–Kier alpha value is -3.91. The molecule has 0 saturated carbocycles. The number of rotatable bonds is 5. The van der Waals surface area contributed by atoms with Gasteiger partial charge in [-0.2, -0.15) is 0 Å². The Bertz CT molecular complexity index is 1920. The van der Waals surface area contributed by atoms with E-state index in [2.05, 4.69) is 135 Å². The predicted molar refractivity (Wildman–Crippen MR) is 181 cm³/mol. The number of hydrogen-bond acceptors (Lipinski definition) is 2. The van der Waals surface area contributed by atoms with E-state index in [0.717, 1.165) is 33.2 Å². The Morgan fingerprint density at radius 1 is 0.643 bits per heavy atom. The van der Waals surface area contributed by atoms with Crippen molar-refractivity contribution < 1.29 is 4.42 Å². The molecular formula is C40H43NO. The lowest BCUT2D eigenvalue weighted by Gasteiger charge is -2.23. The highest BCUT2D eigenvalue weighted by atomic mass is 16.3. The minimum Gasteiger partial charge on any atom is -0.454 e. The van der Waals surface area contributed by atoms with Crippen LogP contribution >= 0.6 is 0 Å². The normalized spacial score (nSPS) is 12.6. The van der Waals surface area contributed by atoms with E-state index in [9.17, 15) is 0 Å². The molecule has 2 heterocycles. The van der Waals surface area contributed by atoms with E-state index in [1.807, 2.05) is 6.20 Å². The monoisotopic (exact) mass is 553 g/mol. The quantitative estimate of drug-likeness (QED) is 0.212. The summed E-state index contributed by atoms with van der Waals surface area (Å²) in [4.78, 5) is 4.89. The van der Waals surface area contributed by atoms with E-state index >= 15 is 0 Å². The highest BCUT2D eigenvalue weighted by molar-refractivity contribution is 6.10. The van der Waals surface area contributed by atoms with Gasteiger partial charge >= 0.3 is 0 Å². The van der Waals surface area contributed by atoms with Gasteiger partial charge in [-0.15, -0.1) is 0 Å². The summed E-state index contributed by atoms with van der Waals surface area (Å²) in [6.07, 6.45) is 1.92. The molecule has 0 fully saturated rings. The zero-order valence-corrected chi connectivity index (χ0v) is 26.6. The fraction of sp³-hybridized carbons (Fsp3) is 0.325. The van der Waals surface area contributed by atoms with Crippen LogP contribution in [0.3, 0.4) is 0 Å². The van der Waals surface area contributed by atoms with Gasteiger partial charge in [0, 0.05) is 22.5 Å². The second-order valence-electron chi connectivity index (χ2n) is 13.9. The lowest BCUT2D eigenvalue weighted by atomic mass is 9.81. The maximum Gasteiger partial charge on any atom is 0.161 e. The highest BCUT2D eigenvalue weighted by Crippen LogP contribution is 2.43. The molecule has 0 atom stereocenters. The fourth-order valence-corrected chi connectivity index (χ4v) is 6.42. The molecule has 2 nitrogen and oxygen atoms in total. The molecular weight excluding hydrogens is 510 g/mol. The van der Waals surface area contributed by atoms with Crippen molar-refractivity contribution in [2.45, 2.75) is 85.5 Å². The zero-order chi connectivity index (χ0) is 29.9. The average Bonchev–Trinajstić information content (AvgIpc) is 3.33. The maximum atomic E-state index is 6.74. The Morgan fingerprint density at radius 3 is 1.98 bits per heavy atom. The zero-order valence-electron chi connectivity index (χ0n) is 26.6. The van der Waals surface area contributed by atoms with Gasteiger partial charge in [0.05, 0.1) is 0 Å². The molecule has 0 saturated heterocycles. The van der Waals surface area contributed by atoms with Crippen molar-refractivity contribution in [2.24, 2.45) is 0 Å². The number of fused-ring (bicyclic) bond motifs is 4. The minimum atomic E-state index is -0.000347. The number of benzene rings is 4. The summed E-state index contributed by atoms with van der Waals surface area (Å²) in [5.74, 6) is 1.33. The van der Waals surface area contributed by atoms with Crippen LogP contribution in [-0.4, -0.2) is 4.98 Å². The third kappa shape index (κ3) is 4.81. The summed E-state index contributed by atoms with van der Waals surface area (Å²) < 4.78 is 6.74. The van der Waals surface area contributed by atoms with Crippen LogP contribution in [0, 0.1) is 0 Å². The molecule has 42 heavy (non-hydrogen) atoms. The predicted octanol–water partition coefficient (Wildman–Crippen LogP) is 12.1. The Balaban J connectivity index is 1.58. The standard InChI is InChI=1S/C40H43NO/c1-23(2)28-19-33(24(3)4)37(34(20-28)25(5)6)27-14-15-31-32-16-17-41-38(39(32)42-36(31)22-27)29-18-26-12-10-11-13-30(26)35(21-29)40(7,8)9/h10-25H,1-9H3. The fourth-order valence-electron chi connectivity index (χ4n) is 6.42. The van der Waals surface area contributed by atoms with Crippen LogP contribution in [0.5, 0.6) is 0 Å².